The molecule has 0 spiro atoms. The number of sulfonamides is 1. The Hall–Kier alpha value is -1.73. The van der Waals surface area contributed by atoms with Crippen molar-refractivity contribution >= 4 is 21.8 Å². The summed E-state index contributed by atoms with van der Waals surface area (Å²) >= 11 is 0. The van der Waals surface area contributed by atoms with Crippen molar-refractivity contribution in [1.29, 1.82) is 0 Å². The molecule has 1 saturated heterocycles. The van der Waals surface area contributed by atoms with Crippen LogP contribution in [0.4, 0.5) is 0 Å². The second-order valence-corrected chi connectivity index (χ2v) is 6.32. The number of carbonyl (C=O) groups excluding carboxylic acids is 2. The zero-order valence-corrected chi connectivity index (χ0v) is 11.3. The molecule has 0 bridgehead atoms. The number of hydrogen-bond acceptors (Lipinski definition) is 4. The van der Waals surface area contributed by atoms with E-state index in [4.69, 9.17) is 0 Å². The maximum atomic E-state index is 12.2. The van der Waals surface area contributed by atoms with Gasteiger partial charge in [-0.05, 0) is 12.1 Å². The number of nitrogens with zero attached hydrogens (tertiary/aromatic N) is 2. The lowest BCUT2D eigenvalue weighted by Crippen LogP contribution is -2.41. The Morgan fingerprint density at radius 2 is 1.63 bits per heavy atom. The Morgan fingerprint density at radius 3 is 2.16 bits per heavy atom. The van der Waals surface area contributed by atoms with E-state index < -0.39 is 10.0 Å². The summed E-state index contributed by atoms with van der Waals surface area (Å²) in [6.45, 7) is -0.241. The summed E-state index contributed by atoms with van der Waals surface area (Å²) in [5.41, 5.74) is 0. The van der Waals surface area contributed by atoms with Gasteiger partial charge < -0.3 is 0 Å². The number of rotatable bonds is 4. The lowest BCUT2D eigenvalue weighted by atomic mass is 10.4. The molecule has 6 nitrogen and oxygen atoms in total. The van der Waals surface area contributed by atoms with E-state index in [2.05, 4.69) is 0 Å². The van der Waals surface area contributed by atoms with Gasteiger partial charge >= 0.3 is 0 Å². The van der Waals surface area contributed by atoms with Gasteiger partial charge in [-0.2, -0.15) is 4.31 Å². The van der Waals surface area contributed by atoms with Crippen molar-refractivity contribution in [2.75, 3.05) is 13.7 Å². The third-order valence-corrected chi connectivity index (χ3v) is 4.75. The predicted octanol–water partition coefficient (Wildman–Crippen LogP) is 0.414. The fourth-order valence-electron chi connectivity index (χ4n) is 1.83. The van der Waals surface area contributed by atoms with Crippen molar-refractivity contribution in [1.82, 2.24) is 9.21 Å². The average Bonchev–Trinajstić information content (AvgIpc) is 2.71. The summed E-state index contributed by atoms with van der Waals surface area (Å²) in [5.74, 6) is -0.666. The Labute approximate surface area is 111 Å². The Balaban J connectivity index is 2.18. The molecule has 102 valence electrons. The summed E-state index contributed by atoms with van der Waals surface area (Å²) in [4.78, 5) is 24.0. The van der Waals surface area contributed by atoms with Crippen molar-refractivity contribution < 1.29 is 18.0 Å². The first-order valence-electron chi connectivity index (χ1n) is 5.77. The standard InChI is InChI=1S/C12H14N2O4S/c1-13(9-14-11(15)7-8-12(14)16)19(17,18)10-5-3-2-4-6-10/h2-6H,7-9H2,1H3. The van der Waals surface area contributed by atoms with Crippen molar-refractivity contribution in [3.8, 4) is 0 Å². The molecular formula is C12H14N2O4S. The van der Waals surface area contributed by atoms with Crippen LogP contribution >= 0.6 is 0 Å². The molecule has 1 heterocycles. The second kappa shape index (κ2) is 5.10. The summed E-state index contributed by atoms with van der Waals surface area (Å²) in [6, 6.07) is 7.89. The molecule has 1 aliphatic rings. The average molecular weight is 282 g/mol. The third kappa shape index (κ3) is 2.66. The van der Waals surface area contributed by atoms with Crippen LogP contribution < -0.4 is 0 Å². The minimum atomic E-state index is -3.69. The summed E-state index contributed by atoms with van der Waals surface area (Å²) < 4.78 is 25.4. The molecule has 0 saturated carbocycles. The van der Waals surface area contributed by atoms with Gasteiger partial charge in [-0.15, -0.1) is 0 Å². The first kappa shape index (κ1) is 13.7. The molecule has 1 aromatic rings. The van der Waals surface area contributed by atoms with Crippen LogP contribution in [0.15, 0.2) is 35.2 Å². The number of amides is 2. The zero-order valence-electron chi connectivity index (χ0n) is 10.4. The van der Waals surface area contributed by atoms with Crippen LogP contribution in [0.25, 0.3) is 0 Å². The third-order valence-electron chi connectivity index (χ3n) is 2.95. The van der Waals surface area contributed by atoms with Gasteiger partial charge in [0.15, 0.2) is 0 Å². The SMILES string of the molecule is CN(CN1C(=O)CCC1=O)S(=O)(=O)c1ccccc1. The van der Waals surface area contributed by atoms with Gasteiger partial charge in [0.25, 0.3) is 0 Å². The van der Waals surface area contributed by atoms with Gasteiger partial charge in [-0.3, -0.25) is 14.5 Å². The summed E-state index contributed by atoms with van der Waals surface area (Å²) in [6.07, 6.45) is 0.302. The van der Waals surface area contributed by atoms with E-state index in [1.807, 2.05) is 0 Å². The molecule has 0 radical (unpaired) electrons. The second-order valence-electron chi connectivity index (χ2n) is 4.27. The van der Waals surface area contributed by atoms with Crippen LogP contribution in [0.1, 0.15) is 12.8 Å². The topological polar surface area (TPSA) is 74.8 Å². The van der Waals surface area contributed by atoms with E-state index in [-0.39, 0.29) is 36.2 Å². The maximum absolute atomic E-state index is 12.2. The van der Waals surface area contributed by atoms with Crippen LogP contribution in [0, 0.1) is 0 Å². The monoisotopic (exact) mass is 282 g/mol. The normalized spacial score (nSPS) is 16.4. The van der Waals surface area contributed by atoms with Crippen LogP contribution in [0.5, 0.6) is 0 Å². The molecule has 1 fully saturated rings. The molecule has 0 aromatic heterocycles. The molecule has 7 heteroatoms. The van der Waals surface area contributed by atoms with Crippen LogP contribution in [0.2, 0.25) is 0 Å². The molecule has 0 aliphatic carbocycles. The van der Waals surface area contributed by atoms with Gasteiger partial charge in [0, 0.05) is 19.9 Å². The highest BCUT2D eigenvalue weighted by Gasteiger charge is 2.32. The number of hydrogen-bond donors (Lipinski definition) is 0. The van der Waals surface area contributed by atoms with E-state index in [9.17, 15) is 18.0 Å². The molecular weight excluding hydrogens is 268 g/mol. The molecule has 0 N–H and O–H groups in total. The number of carbonyl (C=O) groups is 2. The first-order chi connectivity index (χ1) is 8.93. The summed E-state index contributed by atoms with van der Waals surface area (Å²) in [7, 11) is -2.34. The minimum Gasteiger partial charge on any atom is -0.274 e. The number of likely N-dealkylation sites (tertiary alicyclic amines) is 1. The fraction of sp³-hybridized carbons (Fsp3) is 0.333. The largest absolute Gasteiger partial charge is 0.274 e. The summed E-state index contributed by atoms with van der Waals surface area (Å²) in [5, 5.41) is 0. The lowest BCUT2D eigenvalue weighted by Gasteiger charge is -2.22. The highest BCUT2D eigenvalue weighted by Crippen LogP contribution is 2.17. The van der Waals surface area contributed by atoms with Crippen molar-refractivity contribution in [2.24, 2.45) is 0 Å². The van der Waals surface area contributed by atoms with Gasteiger partial charge in [0.1, 0.15) is 0 Å². The fourth-order valence-corrected chi connectivity index (χ4v) is 2.96. The minimum absolute atomic E-state index is 0.136. The molecule has 2 amide bonds. The predicted molar refractivity (Wildman–Crippen MR) is 67.3 cm³/mol. The quantitative estimate of drug-likeness (QED) is 0.750. The Bertz CT molecular complexity index is 581. The Kier molecular flexibility index (Phi) is 3.68. The lowest BCUT2D eigenvalue weighted by molar-refractivity contribution is -0.139. The van der Waals surface area contributed by atoms with E-state index in [0.29, 0.717) is 0 Å². The molecule has 1 aliphatic heterocycles. The molecule has 1 aromatic carbocycles. The maximum Gasteiger partial charge on any atom is 0.244 e. The Morgan fingerprint density at radius 1 is 1.11 bits per heavy atom. The molecule has 19 heavy (non-hydrogen) atoms. The van der Waals surface area contributed by atoms with Crippen molar-refractivity contribution in [3.05, 3.63) is 30.3 Å². The van der Waals surface area contributed by atoms with Gasteiger partial charge in [-0.25, -0.2) is 8.42 Å². The zero-order chi connectivity index (χ0) is 14.0. The van der Waals surface area contributed by atoms with Gasteiger partial charge in [0.05, 0.1) is 11.6 Å². The van der Waals surface area contributed by atoms with E-state index >= 15 is 0 Å². The van der Waals surface area contributed by atoms with E-state index in [1.54, 1.807) is 18.2 Å². The van der Waals surface area contributed by atoms with Crippen molar-refractivity contribution in [2.45, 2.75) is 17.7 Å². The highest BCUT2D eigenvalue weighted by molar-refractivity contribution is 7.89. The first-order valence-corrected chi connectivity index (χ1v) is 7.21. The van der Waals surface area contributed by atoms with Crippen LogP contribution in [-0.4, -0.2) is 43.2 Å². The van der Waals surface area contributed by atoms with Gasteiger partial charge in [-0.1, -0.05) is 18.2 Å². The van der Waals surface area contributed by atoms with E-state index in [1.165, 1.54) is 19.2 Å². The van der Waals surface area contributed by atoms with Crippen LogP contribution in [0.3, 0.4) is 0 Å². The molecule has 2 rings (SSSR count). The highest BCUT2D eigenvalue weighted by atomic mass is 32.2. The molecule has 0 atom stereocenters. The van der Waals surface area contributed by atoms with E-state index in [0.717, 1.165) is 9.21 Å². The number of benzene rings is 1. The number of imide groups is 1. The van der Waals surface area contributed by atoms with Crippen LogP contribution in [-0.2, 0) is 19.6 Å². The van der Waals surface area contributed by atoms with Gasteiger partial charge in [0.2, 0.25) is 21.8 Å². The smallest absolute Gasteiger partial charge is 0.244 e. The van der Waals surface area contributed by atoms with Crippen molar-refractivity contribution in [3.63, 3.8) is 0 Å². The molecule has 0 unspecified atom stereocenters.